The molecule has 2 aromatic carbocycles. The Morgan fingerprint density at radius 2 is 1.50 bits per heavy atom. The van der Waals surface area contributed by atoms with E-state index in [1.165, 1.54) is 51.4 Å². The number of carboxylic acid groups (broad SMARTS) is 2. The summed E-state index contributed by atoms with van der Waals surface area (Å²) in [6.07, 6.45) is -3.77. The van der Waals surface area contributed by atoms with E-state index in [2.05, 4.69) is 4.98 Å². The third-order valence-electron chi connectivity index (χ3n) is 6.00. The van der Waals surface area contributed by atoms with Crippen molar-refractivity contribution in [3.63, 3.8) is 0 Å². The van der Waals surface area contributed by atoms with Crippen LogP contribution >= 0.6 is 0 Å². The molecule has 0 radical (unpaired) electrons. The van der Waals surface area contributed by atoms with Gasteiger partial charge in [0.1, 0.15) is 18.1 Å². The Bertz CT molecular complexity index is 1550. The Labute approximate surface area is 247 Å². The van der Waals surface area contributed by atoms with Crippen LogP contribution in [0.25, 0.3) is 0 Å². The summed E-state index contributed by atoms with van der Waals surface area (Å²) in [6.45, 7) is 2.81. The second-order valence-corrected chi connectivity index (χ2v) is 9.45. The molecule has 15 heteroatoms. The van der Waals surface area contributed by atoms with E-state index in [0.29, 0.717) is 16.9 Å². The molecular weight excluding hydrogens is 593 g/mol. The summed E-state index contributed by atoms with van der Waals surface area (Å²) in [5.41, 5.74) is -0.507. The predicted octanol–water partition coefficient (Wildman–Crippen LogP) is 3.87. The molecule has 1 aromatic heterocycles. The Hall–Kier alpha value is -5.47. The van der Waals surface area contributed by atoms with Crippen LogP contribution in [0.5, 0.6) is 17.4 Å². The van der Waals surface area contributed by atoms with E-state index in [-0.39, 0.29) is 47.7 Å². The molecule has 3 aromatic rings. The lowest BCUT2D eigenvalue weighted by Gasteiger charge is -2.23. The minimum absolute atomic E-state index is 0.0203. The van der Waals surface area contributed by atoms with Crippen LogP contribution in [0.3, 0.4) is 0 Å². The quantitative estimate of drug-likeness (QED) is 0.250. The monoisotopic (exact) mass is 618 g/mol. The highest BCUT2D eigenvalue weighted by Gasteiger charge is 2.38. The van der Waals surface area contributed by atoms with Gasteiger partial charge in [0, 0.05) is 23.9 Å². The van der Waals surface area contributed by atoms with E-state index in [9.17, 15) is 37.5 Å². The fourth-order valence-electron chi connectivity index (χ4n) is 3.66. The van der Waals surface area contributed by atoms with Gasteiger partial charge in [0.25, 0.3) is 11.8 Å². The molecule has 0 bridgehead atoms. The van der Waals surface area contributed by atoms with Crippen molar-refractivity contribution in [1.82, 2.24) is 9.88 Å². The molecule has 4 rings (SSSR count). The number of rotatable bonds is 10. The lowest BCUT2D eigenvalue weighted by atomic mass is 10.0. The lowest BCUT2D eigenvalue weighted by molar-refractivity contribution is -0.192. The van der Waals surface area contributed by atoms with Gasteiger partial charge in [-0.1, -0.05) is 12.1 Å². The molecule has 0 saturated heterocycles. The van der Waals surface area contributed by atoms with Gasteiger partial charge >= 0.3 is 18.1 Å². The number of pyridine rings is 1. The van der Waals surface area contributed by atoms with Gasteiger partial charge in [-0.3, -0.25) is 19.3 Å². The highest BCUT2D eigenvalue weighted by molar-refractivity contribution is 6.21. The molecule has 0 saturated carbocycles. The maximum absolute atomic E-state index is 13.2. The Balaban J connectivity index is 0.000000676. The van der Waals surface area contributed by atoms with Crippen LogP contribution in [0, 0.1) is 0 Å². The van der Waals surface area contributed by atoms with Crippen LogP contribution in [0.4, 0.5) is 13.2 Å². The normalized spacial score (nSPS) is 12.5. The fraction of sp³-hybridized carbons (Fsp3) is 0.241. The number of methoxy groups -OCH3 is 1. The van der Waals surface area contributed by atoms with Crippen molar-refractivity contribution >= 4 is 29.5 Å². The molecule has 2 N–H and O–H groups in total. The molecule has 0 fully saturated rings. The minimum Gasteiger partial charge on any atom is -0.497 e. The number of hydrogen-bond donors (Lipinski definition) is 2. The van der Waals surface area contributed by atoms with Crippen molar-refractivity contribution in [2.75, 3.05) is 20.3 Å². The van der Waals surface area contributed by atoms with Crippen molar-refractivity contribution in [1.29, 1.82) is 0 Å². The topological polar surface area (TPSA) is 170 Å². The first kappa shape index (κ1) is 33.0. The summed E-state index contributed by atoms with van der Waals surface area (Å²) >= 11 is 0. The summed E-state index contributed by atoms with van der Waals surface area (Å²) in [5, 5.41) is 16.5. The molecular formula is C29H25F3N2O10. The average molecular weight is 619 g/mol. The largest absolute Gasteiger partial charge is 0.497 e. The smallest absolute Gasteiger partial charge is 0.490 e. The van der Waals surface area contributed by atoms with Gasteiger partial charge in [-0.15, -0.1) is 0 Å². The third kappa shape index (κ3) is 7.67. The molecule has 12 nitrogen and oxygen atoms in total. The molecule has 1 aliphatic heterocycles. The lowest BCUT2D eigenvalue weighted by Crippen LogP contribution is -2.38. The number of aromatic nitrogens is 1. The van der Waals surface area contributed by atoms with E-state index in [1.807, 2.05) is 0 Å². The summed E-state index contributed by atoms with van der Waals surface area (Å²) in [4.78, 5) is 63.7. The molecule has 0 spiro atoms. The van der Waals surface area contributed by atoms with Gasteiger partial charge in [0.2, 0.25) is 5.88 Å². The zero-order valence-electron chi connectivity index (χ0n) is 23.4. The van der Waals surface area contributed by atoms with Crippen molar-refractivity contribution < 1.29 is 61.6 Å². The van der Waals surface area contributed by atoms with E-state index in [4.69, 9.17) is 24.1 Å². The van der Waals surface area contributed by atoms with Crippen LogP contribution in [0.1, 0.15) is 50.5 Å². The van der Waals surface area contributed by atoms with Crippen LogP contribution < -0.4 is 14.2 Å². The number of hydrogen-bond acceptors (Lipinski definition) is 9. The van der Waals surface area contributed by atoms with E-state index in [0.717, 1.165) is 4.90 Å². The summed E-state index contributed by atoms with van der Waals surface area (Å²) in [6, 6.07) is 14.1. The third-order valence-corrected chi connectivity index (χ3v) is 6.00. The molecule has 2 amide bonds. The van der Waals surface area contributed by atoms with Crippen molar-refractivity contribution in [3.05, 3.63) is 83.0 Å². The number of aliphatic carboxylic acids is 2. The number of halogens is 3. The number of carboxylic acids is 2. The number of carbonyl (C=O) groups excluding carboxylic acids is 3. The number of benzene rings is 2. The number of imide groups is 1. The zero-order valence-corrected chi connectivity index (χ0v) is 23.4. The number of amides is 2. The second kappa shape index (κ2) is 13.2. The van der Waals surface area contributed by atoms with Crippen molar-refractivity contribution in [2.24, 2.45) is 0 Å². The first-order valence-electron chi connectivity index (χ1n) is 12.6. The minimum atomic E-state index is -5.08. The highest BCUT2D eigenvalue weighted by atomic mass is 19.4. The van der Waals surface area contributed by atoms with Gasteiger partial charge in [0.15, 0.2) is 11.4 Å². The van der Waals surface area contributed by atoms with Crippen molar-refractivity contribution in [2.45, 2.75) is 25.6 Å². The number of nitrogens with zero attached hydrogens (tertiary/aromatic N) is 2. The standard InChI is InChI=1S/C27H24N2O8.C2HF3O2/c1-27(2,26(33)34)37-21-14-17(35-3)9-10-20(21)23(30)16-8-11-22(28-15-16)36-13-12-29-24(31)18-6-4-5-7-19(18)25(29)32;3-2(4,5)1(6)7/h4-11,14-15H,12-13H2,1-3H3,(H,33,34);(H,6,7). The molecule has 44 heavy (non-hydrogen) atoms. The average Bonchev–Trinajstić information content (AvgIpc) is 3.21. The van der Waals surface area contributed by atoms with Crippen molar-refractivity contribution in [3.8, 4) is 17.4 Å². The maximum atomic E-state index is 13.2. The number of ketones is 1. The number of carbonyl (C=O) groups is 5. The Morgan fingerprint density at radius 3 is 1.98 bits per heavy atom. The van der Waals surface area contributed by atoms with E-state index >= 15 is 0 Å². The van der Waals surface area contributed by atoms with E-state index in [1.54, 1.807) is 30.3 Å². The van der Waals surface area contributed by atoms with Crippen LogP contribution in [0.2, 0.25) is 0 Å². The van der Waals surface area contributed by atoms with Crippen LogP contribution in [0.15, 0.2) is 60.8 Å². The van der Waals surface area contributed by atoms with Gasteiger partial charge in [-0.2, -0.15) is 13.2 Å². The Morgan fingerprint density at radius 1 is 0.909 bits per heavy atom. The number of alkyl halides is 3. The van der Waals surface area contributed by atoms with Crippen LogP contribution in [-0.4, -0.2) is 81.7 Å². The predicted molar refractivity (Wildman–Crippen MR) is 144 cm³/mol. The Kier molecular flexibility index (Phi) is 9.93. The number of fused-ring (bicyclic) bond motifs is 1. The highest BCUT2D eigenvalue weighted by Crippen LogP contribution is 2.30. The molecule has 232 valence electrons. The second-order valence-electron chi connectivity index (χ2n) is 9.45. The molecule has 2 heterocycles. The molecule has 0 unspecified atom stereocenters. The zero-order chi connectivity index (χ0) is 32.8. The SMILES string of the molecule is COc1ccc(C(=O)c2ccc(OCCN3C(=O)c4ccccc4C3=O)nc2)c(OC(C)(C)C(=O)O)c1.O=C(O)C(F)(F)F. The summed E-state index contributed by atoms with van der Waals surface area (Å²) < 4.78 is 48.1. The van der Waals surface area contributed by atoms with E-state index < -0.39 is 29.5 Å². The molecule has 0 aliphatic carbocycles. The maximum Gasteiger partial charge on any atom is 0.490 e. The molecule has 0 atom stereocenters. The van der Waals surface area contributed by atoms with Gasteiger partial charge in [0.05, 0.1) is 30.3 Å². The van der Waals surface area contributed by atoms with Gasteiger partial charge in [-0.25, -0.2) is 14.6 Å². The van der Waals surface area contributed by atoms with Gasteiger partial charge < -0.3 is 24.4 Å². The summed E-state index contributed by atoms with van der Waals surface area (Å²) in [5.74, 6) is -4.49. The molecule has 1 aliphatic rings. The van der Waals surface area contributed by atoms with Crippen LogP contribution in [-0.2, 0) is 9.59 Å². The van der Waals surface area contributed by atoms with Gasteiger partial charge in [-0.05, 0) is 44.2 Å². The number of ether oxygens (including phenoxy) is 3. The summed E-state index contributed by atoms with van der Waals surface area (Å²) in [7, 11) is 1.44. The fourth-order valence-corrected chi connectivity index (χ4v) is 3.66. The first-order chi connectivity index (χ1) is 20.6. The first-order valence-corrected chi connectivity index (χ1v) is 12.6.